The van der Waals surface area contributed by atoms with Crippen molar-refractivity contribution < 1.29 is 4.79 Å². The lowest BCUT2D eigenvalue weighted by Crippen LogP contribution is -2.36. The second-order valence-electron chi connectivity index (χ2n) is 6.59. The summed E-state index contributed by atoms with van der Waals surface area (Å²) in [7, 11) is 0. The van der Waals surface area contributed by atoms with E-state index >= 15 is 0 Å². The lowest BCUT2D eigenvalue weighted by molar-refractivity contribution is 0.0987. The van der Waals surface area contributed by atoms with E-state index in [9.17, 15) is 4.79 Å². The van der Waals surface area contributed by atoms with E-state index in [0.29, 0.717) is 12.6 Å². The average molecular weight is 322 g/mol. The Bertz CT molecular complexity index is 645. The van der Waals surface area contributed by atoms with Crippen LogP contribution in [0.4, 0.5) is 0 Å². The van der Waals surface area contributed by atoms with Gasteiger partial charge in [0, 0.05) is 18.2 Å². The van der Waals surface area contributed by atoms with Gasteiger partial charge in [-0.05, 0) is 38.4 Å². The number of likely N-dealkylation sites (tertiary alicyclic amines) is 1. The van der Waals surface area contributed by atoms with Gasteiger partial charge < -0.3 is 5.32 Å². The van der Waals surface area contributed by atoms with Crippen LogP contribution in [0, 0.1) is 6.92 Å². The van der Waals surface area contributed by atoms with Crippen molar-refractivity contribution in [3.63, 3.8) is 0 Å². The highest BCUT2D eigenvalue weighted by Gasteiger charge is 2.23. The number of carbonyl (C=O) groups excluding carboxylic acids is 1. The Kier molecular flexibility index (Phi) is 5.78. The van der Waals surface area contributed by atoms with Crippen molar-refractivity contribution in [3.05, 3.63) is 71.3 Å². The highest BCUT2D eigenvalue weighted by atomic mass is 16.1. The predicted molar refractivity (Wildman–Crippen MR) is 98.4 cm³/mol. The molecule has 1 aliphatic heterocycles. The van der Waals surface area contributed by atoms with Crippen LogP contribution in [0.5, 0.6) is 0 Å². The third kappa shape index (κ3) is 4.31. The lowest BCUT2D eigenvalue weighted by atomic mass is 10.0. The molecular formula is C21H26N2O. The van der Waals surface area contributed by atoms with Crippen LogP contribution in [0.3, 0.4) is 0 Å². The van der Waals surface area contributed by atoms with Crippen LogP contribution in [0.25, 0.3) is 0 Å². The number of rotatable bonds is 7. The molecule has 1 atom stereocenters. The van der Waals surface area contributed by atoms with E-state index in [4.69, 9.17) is 0 Å². The van der Waals surface area contributed by atoms with E-state index in [2.05, 4.69) is 41.4 Å². The quantitative estimate of drug-likeness (QED) is 0.791. The number of Topliss-reactive ketones (excluding diaryl/α,β-unsaturated/α-hetero) is 1. The summed E-state index contributed by atoms with van der Waals surface area (Å²) in [6, 6.07) is 18.6. The van der Waals surface area contributed by atoms with E-state index in [1.54, 1.807) is 0 Å². The summed E-state index contributed by atoms with van der Waals surface area (Å²) in [5.41, 5.74) is 3.39. The zero-order valence-corrected chi connectivity index (χ0v) is 14.4. The number of ketones is 1. The van der Waals surface area contributed by atoms with Gasteiger partial charge in [0.1, 0.15) is 0 Å². The molecule has 3 heteroatoms. The molecular weight excluding hydrogens is 296 g/mol. The van der Waals surface area contributed by atoms with Gasteiger partial charge in [-0.25, -0.2) is 0 Å². The number of carbonyl (C=O) groups is 1. The van der Waals surface area contributed by atoms with Gasteiger partial charge in [-0.15, -0.1) is 0 Å². The monoisotopic (exact) mass is 322 g/mol. The molecule has 0 radical (unpaired) electrons. The lowest BCUT2D eigenvalue weighted by Gasteiger charge is -2.28. The zero-order valence-electron chi connectivity index (χ0n) is 14.4. The summed E-state index contributed by atoms with van der Waals surface area (Å²) >= 11 is 0. The standard InChI is InChI=1S/C21H26N2O/c1-17-9-11-18(12-10-17)20(23-13-5-6-14-23)15-22-16-21(24)19-7-3-2-4-8-19/h2-4,7-12,20,22H,5-6,13-16H2,1H3. The van der Waals surface area contributed by atoms with Crippen molar-refractivity contribution in [2.45, 2.75) is 25.8 Å². The normalized spacial score (nSPS) is 16.2. The van der Waals surface area contributed by atoms with Crippen molar-refractivity contribution in [3.8, 4) is 0 Å². The minimum Gasteiger partial charge on any atom is -0.308 e. The second kappa shape index (κ2) is 8.22. The maximum Gasteiger partial charge on any atom is 0.176 e. The van der Waals surface area contributed by atoms with Crippen LogP contribution in [0.15, 0.2) is 54.6 Å². The minimum absolute atomic E-state index is 0.152. The van der Waals surface area contributed by atoms with Crippen LogP contribution in [-0.2, 0) is 0 Å². The predicted octanol–water partition coefficient (Wildman–Crippen LogP) is 3.60. The van der Waals surface area contributed by atoms with Crippen molar-refractivity contribution in [1.29, 1.82) is 0 Å². The molecule has 2 aromatic rings. The van der Waals surface area contributed by atoms with Gasteiger partial charge in [0.25, 0.3) is 0 Å². The molecule has 126 valence electrons. The summed E-state index contributed by atoms with van der Waals surface area (Å²) in [6.07, 6.45) is 2.54. The molecule has 0 aromatic heterocycles. The number of nitrogens with zero attached hydrogens (tertiary/aromatic N) is 1. The smallest absolute Gasteiger partial charge is 0.176 e. The number of hydrogen-bond acceptors (Lipinski definition) is 3. The Morgan fingerprint density at radius 2 is 1.71 bits per heavy atom. The molecule has 3 rings (SSSR count). The highest BCUT2D eigenvalue weighted by molar-refractivity contribution is 5.97. The van der Waals surface area contributed by atoms with Crippen molar-refractivity contribution >= 4 is 5.78 Å². The number of nitrogens with one attached hydrogen (secondary N) is 1. The Morgan fingerprint density at radius 3 is 2.38 bits per heavy atom. The molecule has 3 nitrogen and oxygen atoms in total. The van der Waals surface area contributed by atoms with Gasteiger partial charge in [0.05, 0.1) is 6.54 Å². The summed E-state index contributed by atoms with van der Waals surface area (Å²) in [4.78, 5) is 14.8. The summed E-state index contributed by atoms with van der Waals surface area (Å²) in [6.45, 7) is 5.60. The Hall–Kier alpha value is -1.97. The molecule has 0 bridgehead atoms. The molecule has 1 saturated heterocycles. The molecule has 0 amide bonds. The fourth-order valence-corrected chi connectivity index (χ4v) is 3.35. The molecule has 1 unspecified atom stereocenters. The van der Waals surface area contributed by atoms with Crippen LogP contribution >= 0.6 is 0 Å². The summed E-state index contributed by atoms with van der Waals surface area (Å²) < 4.78 is 0. The number of benzene rings is 2. The Morgan fingerprint density at radius 1 is 1.04 bits per heavy atom. The minimum atomic E-state index is 0.152. The third-order valence-corrected chi connectivity index (χ3v) is 4.76. The fourth-order valence-electron chi connectivity index (χ4n) is 3.35. The Labute approximate surface area is 144 Å². The van der Waals surface area contributed by atoms with Crippen molar-refractivity contribution in [2.24, 2.45) is 0 Å². The van der Waals surface area contributed by atoms with Gasteiger partial charge in [-0.1, -0.05) is 60.2 Å². The van der Waals surface area contributed by atoms with E-state index in [-0.39, 0.29) is 5.78 Å². The summed E-state index contributed by atoms with van der Waals surface area (Å²) in [5, 5.41) is 3.38. The molecule has 0 aliphatic carbocycles. The first kappa shape index (κ1) is 16.9. The molecule has 24 heavy (non-hydrogen) atoms. The topological polar surface area (TPSA) is 32.3 Å². The fraction of sp³-hybridized carbons (Fsp3) is 0.381. The molecule has 1 N–H and O–H groups in total. The second-order valence-corrected chi connectivity index (χ2v) is 6.59. The largest absolute Gasteiger partial charge is 0.308 e. The van der Waals surface area contributed by atoms with E-state index in [1.807, 2.05) is 30.3 Å². The highest BCUT2D eigenvalue weighted by Crippen LogP contribution is 2.24. The molecule has 2 aromatic carbocycles. The van der Waals surface area contributed by atoms with E-state index in [0.717, 1.165) is 25.2 Å². The molecule has 1 heterocycles. The SMILES string of the molecule is Cc1ccc(C(CNCC(=O)c2ccccc2)N2CCCC2)cc1. The molecule has 1 fully saturated rings. The zero-order chi connectivity index (χ0) is 16.8. The first-order valence-electron chi connectivity index (χ1n) is 8.83. The van der Waals surface area contributed by atoms with Crippen LogP contribution < -0.4 is 5.32 Å². The first-order chi connectivity index (χ1) is 11.7. The van der Waals surface area contributed by atoms with Crippen LogP contribution in [0.2, 0.25) is 0 Å². The molecule has 0 saturated carbocycles. The van der Waals surface area contributed by atoms with Gasteiger partial charge in [-0.2, -0.15) is 0 Å². The number of hydrogen-bond donors (Lipinski definition) is 1. The van der Waals surface area contributed by atoms with Crippen molar-refractivity contribution in [1.82, 2.24) is 10.2 Å². The molecule has 1 aliphatic rings. The molecule has 0 spiro atoms. The van der Waals surface area contributed by atoms with Crippen LogP contribution in [0.1, 0.15) is 40.4 Å². The maximum atomic E-state index is 12.3. The summed E-state index contributed by atoms with van der Waals surface area (Å²) in [5.74, 6) is 0.152. The van der Waals surface area contributed by atoms with Gasteiger partial charge in [-0.3, -0.25) is 9.69 Å². The Balaban J connectivity index is 1.62. The maximum absolute atomic E-state index is 12.3. The third-order valence-electron chi connectivity index (χ3n) is 4.76. The van der Waals surface area contributed by atoms with Gasteiger partial charge in [0.15, 0.2) is 5.78 Å². The van der Waals surface area contributed by atoms with Crippen LogP contribution in [-0.4, -0.2) is 36.9 Å². The number of aryl methyl sites for hydroxylation is 1. The van der Waals surface area contributed by atoms with E-state index < -0.39 is 0 Å². The first-order valence-corrected chi connectivity index (χ1v) is 8.83. The van der Waals surface area contributed by atoms with Gasteiger partial charge >= 0.3 is 0 Å². The van der Waals surface area contributed by atoms with Gasteiger partial charge in [0.2, 0.25) is 0 Å². The average Bonchev–Trinajstić information content (AvgIpc) is 3.15. The van der Waals surface area contributed by atoms with Crippen molar-refractivity contribution in [2.75, 3.05) is 26.2 Å². The van der Waals surface area contributed by atoms with E-state index in [1.165, 1.54) is 24.0 Å².